The van der Waals surface area contributed by atoms with Crippen molar-refractivity contribution in [1.82, 2.24) is 5.32 Å². The van der Waals surface area contributed by atoms with Gasteiger partial charge < -0.3 is 5.32 Å². The molecule has 0 aliphatic carbocycles. The van der Waals surface area contributed by atoms with Crippen LogP contribution in [0.15, 0.2) is 47.8 Å². The lowest BCUT2D eigenvalue weighted by Crippen LogP contribution is -2.25. The van der Waals surface area contributed by atoms with Crippen LogP contribution in [-0.2, 0) is 0 Å². The molecule has 2 atom stereocenters. The first-order valence-electron chi connectivity index (χ1n) is 7.06. The van der Waals surface area contributed by atoms with E-state index >= 15 is 0 Å². The van der Waals surface area contributed by atoms with Gasteiger partial charge in [0, 0.05) is 6.04 Å². The highest BCUT2D eigenvalue weighted by atomic mass is 31.0. The second kappa shape index (κ2) is 8.63. The van der Waals surface area contributed by atoms with E-state index in [0.29, 0.717) is 11.1 Å². The standard InChI is InChI=1S/C18H22FN2P/c1-5-6-18(21-4)12(2)7-17(13(3)22)15-8-14(11-20)9-16(19)10-15/h5,7-10,18,21H,1,6,22H2,2-4H3/b12-7+,17-13-. The van der Waals surface area contributed by atoms with Crippen molar-refractivity contribution in [2.75, 3.05) is 7.05 Å². The maximum absolute atomic E-state index is 13.7. The van der Waals surface area contributed by atoms with Crippen molar-refractivity contribution in [3.63, 3.8) is 0 Å². The molecule has 0 heterocycles. The fraction of sp³-hybridized carbons (Fsp3) is 0.278. The van der Waals surface area contributed by atoms with Crippen LogP contribution in [0, 0.1) is 17.1 Å². The molecule has 1 rings (SSSR count). The van der Waals surface area contributed by atoms with Crippen molar-refractivity contribution >= 4 is 14.8 Å². The summed E-state index contributed by atoms with van der Waals surface area (Å²) in [5.74, 6) is -0.403. The summed E-state index contributed by atoms with van der Waals surface area (Å²) in [4.78, 5) is 0. The molecule has 0 aliphatic heterocycles. The summed E-state index contributed by atoms with van der Waals surface area (Å²) < 4.78 is 13.7. The molecule has 0 saturated heterocycles. The van der Waals surface area contributed by atoms with Crippen LogP contribution >= 0.6 is 9.24 Å². The topological polar surface area (TPSA) is 35.8 Å². The van der Waals surface area contributed by atoms with Gasteiger partial charge in [-0.3, -0.25) is 0 Å². The van der Waals surface area contributed by atoms with Gasteiger partial charge in [0.25, 0.3) is 0 Å². The fourth-order valence-electron chi connectivity index (χ4n) is 2.26. The molecule has 22 heavy (non-hydrogen) atoms. The summed E-state index contributed by atoms with van der Waals surface area (Å²) in [5.41, 5.74) is 3.06. The minimum absolute atomic E-state index is 0.181. The van der Waals surface area contributed by atoms with E-state index in [-0.39, 0.29) is 6.04 Å². The zero-order valence-corrected chi connectivity index (χ0v) is 14.4. The SMILES string of the molecule is C=CCC(NC)/C(C)=C/C(=C(\C)P)c1cc(F)cc(C#N)c1. The van der Waals surface area contributed by atoms with Gasteiger partial charge in [-0.2, -0.15) is 5.26 Å². The Morgan fingerprint density at radius 1 is 1.45 bits per heavy atom. The van der Waals surface area contributed by atoms with Crippen molar-refractivity contribution in [3.8, 4) is 6.07 Å². The normalized spacial score (nSPS) is 14.1. The Hall–Kier alpha value is -1.75. The lowest BCUT2D eigenvalue weighted by molar-refractivity contribution is 0.627. The van der Waals surface area contributed by atoms with Gasteiger partial charge in [-0.15, -0.1) is 15.8 Å². The van der Waals surface area contributed by atoms with Crippen LogP contribution in [0.3, 0.4) is 0 Å². The van der Waals surface area contributed by atoms with E-state index in [2.05, 4.69) is 21.1 Å². The molecule has 2 unspecified atom stereocenters. The number of allylic oxidation sites excluding steroid dienone is 3. The molecule has 2 nitrogen and oxygen atoms in total. The van der Waals surface area contributed by atoms with Crippen LogP contribution in [0.5, 0.6) is 0 Å². The highest BCUT2D eigenvalue weighted by Crippen LogP contribution is 2.27. The van der Waals surface area contributed by atoms with E-state index in [9.17, 15) is 4.39 Å². The summed E-state index contributed by atoms with van der Waals surface area (Å²) in [5, 5.41) is 13.2. The summed E-state index contributed by atoms with van der Waals surface area (Å²) in [6.07, 6.45) is 4.71. The molecule has 116 valence electrons. The maximum atomic E-state index is 13.7. The molecular weight excluding hydrogens is 294 g/mol. The zero-order valence-electron chi connectivity index (χ0n) is 13.3. The van der Waals surface area contributed by atoms with Gasteiger partial charge in [-0.05, 0) is 62.0 Å². The number of hydrogen-bond donors (Lipinski definition) is 1. The Bertz CT molecular complexity index is 650. The van der Waals surface area contributed by atoms with Crippen LogP contribution in [0.1, 0.15) is 31.4 Å². The van der Waals surface area contributed by atoms with E-state index in [1.807, 2.05) is 39.1 Å². The third-order valence-corrected chi connectivity index (χ3v) is 3.75. The molecule has 1 aromatic rings. The van der Waals surface area contributed by atoms with Crippen molar-refractivity contribution in [2.45, 2.75) is 26.3 Å². The van der Waals surface area contributed by atoms with Gasteiger partial charge in [0.1, 0.15) is 5.82 Å². The summed E-state index contributed by atoms with van der Waals surface area (Å²) >= 11 is 0. The Morgan fingerprint density at radius 3 is 2.64 bits per heavy atom. The van der Waals surface area contributed by atoms with E-state index in [4.69, 9.17) is 5.26 Å². The van der Waals surface area contributed by atoms with Crippen LogP contribution in [0.2, 0.25) is 0 Å². The summed E-state index contributed by atoms with van der Waals surface area (Å²) in [6.45, 7) is 7.75. The predicted molar refractivity (Wildman–Crippen MR) is 94.8 cm³/mol. The predicted octanol–water partition coefficient (Wildman–Crippen LogP) is 4.41. The van der Waals surface area contributed by atoms with E-state index < -0.39 is 5.82 Å². The number of rotatable bonds is 6. The van der Waals surface area contributed by atoms with E-state index in [1.165, 1.54) is 12.1 Å². The first-order chi connectivity index (χ1) is 10.4. The Kier molecular flexibility index (Phi) is 7.18. The Balaban J connectivity index is 3.33. The smallest absolute Gasteiger partial charge is 0.125 e. The molecule has 1 N–H and O–H groups in total. The highest BCUT2D eigenvalue weighted by Gasteiger charge is 2.10. The summed E-state index contributed by atoms with van der Waals surface area (Å²) in [7, 11) is 4.55. The third-order valence-electron chi connectivity index (χ3n) is 3.44. The van der Waals surface area contributed by atoms with Gasteiger partial charge in [0.15, 0.2) is 0 Å². The van der Waals surface area contributed by atoms with Crippen molar-refractivity contribution in [2.24, 2.45) is 0 Å². The quantitative estimate of drug-likeness (QED) is 0.479. The number of likely N-dealkylation sites (N-methyl/N-ethyl adjacent to an activating group) is 1. The largest absolute Gasteiger partial charge is 0.313 e. The van der Waals surface area contributed by atoms with Crippen molar-refractivity contribution in [3.05, 3.63) is 64.8 Å². The first-order valence-corrected chi connectivity index (χ1v) is 7.64. The average Bonchev–Trinajstić information content (AvgIpc) is 2.48. The number of halogens is 1. The number of benzene rings is 1. The number of nitrogens with one attached hydrogen (secondary N) is 1. The maximum Gasteiger partial charge on any atom is 0.125 e. The summed E-state index contributed by atoms with van der Waals surface area (Å²) in [6, 6.07) is 6.57. The van der Waals surface area contributed by atoms with Crippen LogP contribution in [0.25, 0.3) is 5.57 Å². The number of hydrogen-bond acceptors (Lipinski definition) is 2. The number of nitrogens with zero attached hydrogens (tertiary/aromatic N) is 1. The molecule has 0 bridgehead atoms. The van der Waals surface area contributed by atoms with Crippen molar-refractivity contribution in [1.29, 1.82) is 5.26 Å². The molecule has 1 aromatic carbocycles. The molecule has 0 aromatic heterocycles. The molecule has 0 spiro atoms. The number of nitriles is 1. The Labute approximate surface area is 134 Å². The lowest BCUT2D eigenvalue weighted by atomic mass is 9.97. The fourth-order valence-corrected chi connectivity index (χ4v) is 2.51. The van der Waals surface area contributed by atoms with Gasteiger partial charge in [0.2, 0.25) is 0 Å². The minimum Gasteiger partial charge on any atom is -0.313 e. The zero-order chi connectivity index (χ0) is 16.7. The minimum atomic E-state index is -0.403. The lowest BCUT2D eigenvalue weighted by Gasteiger charge is -2.17. The van der Waals surface area contributed by atoms with Gasteiger partial charge in [0.05, 0.1) is 11.6 Å². The third kappa shape index (κ3) is 4.91. The van der Waals surface area contributed by atoms with E-state index in [0.717, 1.165) is 22.9 Å². The second-order valence-corrected chi connectivity index (χ2v) is 6.06. The molecule has 0 saturated carbocycles. The Morgan fingerprint density at radius 2 is 2.14 bits per heavy atom. The molecule has 0 aliphatic rings. The van der Waals surface area contributed by atoms with Crippen molar-refractivity contribution < 1.29 is 4.39 Å². The molecule has 4 heteroatoms. The highest BCUT2D eigenvalue weighted by molar-refractivity contribution is 7.22. The second-order valence-electron chi connectivity index (χ2n) is 5.19. The molecule has 0 amide bonds. The monoisotopic (exact) mass is 316 g/mol. The average molecular weight is 316 g/mol. The van der Waals surface area contributed by atoms with Crippen LogP contribution in [0.4, 0.5) is 4.39 Å². The molecular formula is C18H22FN2P. The van der Waals surface area contributed by atoms with E-state index in [1.54, 1.807) is 6.07 Å². The molecule has 0 radical (unpaired) electrons. The van der Waals surface area contributed by atoms with Crippen LogP contribution < -0.4 is 5.32 Å². The molecule has 0 fully saturated rings. The van der Waals surface area contributed by atoms with Gasteiger partial charge >= 0.3 is 0 Å². The first kappa shape index (κ1) is 18.3. The van der Waals surface area contributed by atoms with Gasteiger partial charge in [-0.1, -0.05) is 17.7 Å². The van der Waals surface area contributed by atoms with Crippen LogP contribution in [-0.4, -0.2) is 13.1 Å². The van der Waals surface area contributed by atoms with Gasteiger partial charge in [-0.25, -0.2) is 4.39 Å².